The van der Waals surface area contributed by atoms with Crippen molar-refractivity contribution in [2.24, 2.45) is 0 Å². The van der Waals surface area contributed by atoms with E-state index in [0.29, 0.717) is 18.7 Å². The van der Waals surface area contributed by atoms with Crippen molar-refractivity contribution in [2.75, 3.05) is 38.3 Å². The van der Waals surface area contributed by atoms with Crippen molar-refractivity contribution in [2.45, 2.75) is 44.8 Å². The zero-order valence-electron chi connectivity index (χ0n) is 20.3. The predicted octanol–water partition coefficient (Wildman–Crippen LogP) is 5.16. The summed E-state index contributed by atoms with van der Waals surface area (Å²) in [6.45, 7) is 3.56. The highest BCUT2D eigenvalue weighted by Gasteiger charge is 2.29. The van der Waals surface area contributed by atoms with Crippen LogP contribution in [0.3, 0.4) is 0 Å². The van der Waals surface area contributed by atoms with Gasteiger partial charge in [0.05, 0.1) is 25.3 Å². The second kappa shape index (κ2) is 11.0. The van der Waals surface area contributed by atoms with Gasteiger partial charge in [-0.25, -0.2) is 0 Å². The lowest BCUT2D eigenvalue weighted by atomic mass is 10.0. The topological polar surface area (TPSA) is 68.0 Å². The number of rotatable bonds is 8. The van der Waals surface area contributed by atoms with Crippen LogP contribution in [-0.2, 0) is 11.3 Å². The number of aromatic nitrogens is 1. The Morgan fingerprint density at radius 2 is 1.83 bits per heavy atom. The molecule has 1 aromatic heterocycles. The average Bonchev–Trinajstić information content (AvgIpc) is 3.59. The van der Waals surface area contributed by atoms with E-state index < -0.39 is 0 Å². The lowest BCUT2D eigenvalue weighted by Crippen LogP contribution is -2.38. The Hall–Kier alpha value is -3.32. The highest BCUT2D eigenvalue weighted by atomic mass is 16.5. The molecular formula is C28H33N3O4. The Kier molecular flexibility index (Phi) is 7.33. The van der Waals surface area contributed by atoms with E-state index in [9.17, 15) is 4.79 Å². The van der Waals surface area contributed by atoms with Gasteiger partial charge in [0.2, 0.25) is 5.88 Å². The maximum Gasteiger partial charge on any atom is 0.254 e. The molecule has 3 aromatic rings. The van der Waals surface area contributed by atoms with Gasteiger partial charge in [-0.05, 0) is 56.4 Å². The first-order valence-corrected chi connectivity index (χ1v) is 12.6. The summed E-state index contributed by atoms with van der Waals surface area (Å²) in [7, 11) is 1.62. The Balaban J connectivity index is 1.50. The summed E-state index contributed by atoms with van der Waals surface area (Å²) < 4.78 is 17.2. The van der Waals surface area contributed by atoms with Gasteiger partial charge in [-0.1, -0.05) is 35.5 Å². The van der Waals surface area contributed by atoms with E-state index in [1.165, 1.54) is 6.42 Å². The molecule has 1 amide bonds. The molecule has 7 heteroatoms. The number of amides is 1. The zero-order valence-corrected chi connectivity index (χ0v) is 20.3. The van der Waals surface area contributed by atoms with Gasteiger partial charge in [0.15, 0.2) is 0 Å². The molecule has 2 aromatic carbocycles. The fourth-order valence-corrected chi connectivity index (χ4v) is 4.97. The smallest absolute Gasteiger partial charge is 0.254 e. The normalized spacial score (nSPS) is 18.0. The summed E-state index contributed by atoms with van der Waals surface area (Å²) >= 11 is 0. The SMILES string of the molecule is COc1ccc(C(=O)N(Cc2c(-c3ccccc3)noc2N2CCCCC2)C[C@@H]2CCCO2)cc1. The number of ether oxygens (including phenoxy) is 2. The number of carbonyl (C=O) groups excluding carboxylic acids is 1. The molecule has 0 spiro atoms. The van der Waals surface area contributed by atoms with Crippen LogP contribution in [0, 0.1) is 0 Å². The molecule has 0 N–H and O–H groups in total. The lowest BCUT2D eigenvalue weighted by Gasteiger charge is -2.29. The first-order valence-electron chi connectivity index (χ1n) is 12.6. The van der Waals surface area contributed by atoms with Crippen LogP contribution in [0.4, 0.5) is 5.88 Å². The third-order valence-corrected chi connectivity index (χ3v) is 6.88. The number of hydrogen-bond donors (Lipinski definition) is 0. The molecule has 2 saturated heterocycles. The maximum absolute atomic E-state index is 13.8. The molecule has 7 nitrogen and oxygen atoms in total. The van der Waals surface area contributed by atoms with E-state index in [4.69, 9.17) is 14.0 Å². The number of nitrogens with zero attached hydrogens (tertiary/aromatic N) is 3. The van der Waals surface area contributed by atoms with Crippen LogP contribution in [0.1, 0.15) is 48.0 Å². The van der Waals surface area contributed by atoms with Crippen LogP contribution in [-0.4, -0.2) is 55.4 Å². The van der Waals surface area contributed by atoms with Crippen molar-refractivity contribution in [1.82, 2.24) is 10.1 Å². The summed E-state index contributed by atoms with van der Waals surface area (Å²) in [4.78, 5) is 17.9. The molecule has 184 valence electrons. The Morgan fingerprint density at radius 3 is 2.51 bits per heavy atom. The Bertz CT molecular complexity index is 1100. The average molecular weight is 476 g/mol. The van der Waals surface area contributed by atoms with Crippen molar-refractivity contribution in [3.8, 4) is 17.0 Å². The molecular weight excluding hydrogens is 442 g/mol. The molecule has 0 aliphatic carbocycles. The quantitative estimate of drug-likeness (QED) is 0.448. The number of methoxy groups -OCH3 is 1. The molecule has 0 radical (unpaired) electrons. The molecule has 1 atom stereocenters. The summed E-state index contributed by atoms with van der Waals surface area (Å²) in [5.41, 5.74) is 3.37. The van der Waals surface area contributed by atoms with Gasteiger partial charge >= 0.3 is 0 Å². The molecule has 2 aliphatic heterocycles. The first-order chi connectivity index (χ1) is 17.2. The van der Waals surface area contributed by atoms with Gasteiger partial charge in [0, 0.05) is 37.4 Å². The van der Waals surface area contributed by atoms with Crippen molar-refractivity contribution < 1.29 is 18.8 Å². The van der Waals surface area contributed by atoms with Crippen LogP contribution in [0.2, 0.25) is 0 Å². The van der Waals surface area contributed by atoms with Crippen molar-refractivity contribution in [1.29, 1.82) is 0 Å². The summed E-state index contributed by atoms with van der Waals surface area (Å²) in [5.74, 6) is 1.47. The van der Waals surface area contributed by atoms with Crippen LogP contribution < -0.4 is 9.64 Å². The Morgan fingerprint density at radius 1 is 1.06 bits per heavy atom. The summed E-state index contributed by atoms with van der Waals surface area (Å²) in [5, 5.41) is 4.50. The molecule has 5 rings (SSSR count). The summed E-state index contributed by atoms with van der Waals surface area (Å²) in [6, 6.07) is 17.4. The zero-order chi connectivity index (χ0) is 24.0. The maximum atomic E-state index is 13.8. The van der Waals surface area contributed by atoms with Gasteiger partial charge in [0.1, 0.15) is 11.4 Å². The number of hydrogen-bond acceptors (Lipinski definition) is 6. The van der Waals surface area contributed by atoms with E-state index in [1.54, 1.807) is 7.11 Å². The third kappa shape index (κ3) is 5.35. The molecule has 0 saturated carbocycles. The molecule has 3 heterocycles. The van der Waals surface area contributed by atoms with E-state index in [2.05, 4.69) is 10.1 Å². The standard InChI is InChI=1S/C28H33N3O4/c1-33-23-14-12-22(13-15-23)27(32)31(19-24-11-8-18-34-24)20-25-26(21-9-4-2-5-10-21)29-35-28(25)30-16-6-3-7-17-30/h2,4-5,9-10,12-15,24H,3,6-8,11,16-20H2,1H3/t24-/m0/s1. The number of carbonyl (C=O) groups is 1. The number of benzene rings is 2. The minimum Gasteiger partial charge on any atom is -0.497 e. The van der Waals surface area contributed by atoms with Crippen molar-refractivity contribution >= 4 is 11.8 Å². The Labute approximate surface area is 206 Å². The second-order valence-corrected chi connectivity index (χ2v) is 9.28. The van der Waals surface area contributed by atoms with Crippen molar-refractivity contribution in [3.05, 3.63) is 65.7 Å². The predicted molar refractivity (Wildman–Crippen MR) is 135 cm³/mol. The van der Waals surface area contributed by atoms with Crippen LogP contribution >= 0.6 is 0 Å². The minimum absolute atomic E-state index is 0.0343. The fourth-order valence-electron chi connectivity index (χ4n) is 4.97. The number of piperidine rings is 1. The molecule has 0 bridgehead atoms. The van der Waals surface area contributed by atoms with E-state index >= 15 is 0 Å². The van der Waals surface area contributed by atoms with Gasteiger partial charge in [-0.15, -0.1) is 0 Å². The van der Waals surface area contributed by atoms with Crippen LogP contribution in [0.25, 0.3) is 11.3 Å². The monoisotopic (exact) mass is 475 g/mol. The highest BCUT2D eigenvalue weighted by molar-refractivity contribution is 5.94. The third-order valence-electron chi connectivity index (χ3n) is 6.88. The lowest BCUT2D eigenvalue weighted by molar-refractivity contribution is 0.0507. The fraction of sp³-hybridized carbons (Fsp3) is 0.429. The van der Waals surface area contributed by atoms with E-state index in [-0.39, 0.29) is 12.0 Å². The number of anilines is 1. The summed E-state index contributed by atoms with van der Waals surface area (Å²) in [6.07, 6.45) is 5.51. The van der Waals surface area contributed by atoms with Gasteiger partial charge in [-0.3, -0.25) is 4.79 Å². The second-order valence-electron chi connectivity index (χ2n) is 9.28. The largest absolute Gasteiger partial charge is 0.497 e. The van der Waals surface area contributed by atoms with E-state index in [1.807, 2.05) is 59.5 Å². The molecule has 35 heavy (non-hydrogen) atoms. The first kappa shape index (κ1) is 23.4. The molecule has 2 fully saturated rings. The van der Waals surface area contributed by atoms with Gasteiger partial charge in [0.25, 0.3) is 5.91 Å². The highest BCUT2D eigenvalue weighted by Crippen LogP contribution is 2.34. The minimum atomic E-state index is -0.0343. The molecule has 2 aliphatic rings. The van der Waals surface area contributed by atoms with Crippen molar-refractivity contribution in [3.63, 3.8) is 0 Å². The van der Waals surface area contributed by atoms with Gasteiger partial charge in [-0.2, -0.15) is 0 Å². The van der Waals surface area contributed by atoms with Crippen LogP contribution in [0.15, 0.2) is 59.1 Å². The van der Waals surface area contributed by atoms with Crippen LogP contribution in [0.5, 0.6) is 5.75 Å². The van der Waals surface area contributed by atoms with E-state index in [0.717, 1.165) is 73.8 Å². The van der Waals surface area contributed by atoms with Gasteiger partial charge < -0.3 is 23.8 Å². The molecule has 0 unspecified atom stereocenters.